The summed E-state index contributed by atoms with van der Waals surface area (Å²) in [5.41, 5.74) is 7.37. The summed E-state index contributed by atoms with van der Waals surface area (Å²) in [7, 11) is 0. The zero-order valence-corrected chi connectivity index (χ0v) is 36.6. The second kappa shape index (κ2) is 13.6. The van der Waals surface area contributed by atoms with E-state index in [4.69, 9.17) is 19.4 Å². The molecule has 0 bridgehead atoms. The van der Waals surface area contributed by atoms with Crippen LogP contribution in [0.5, 0.6) is 0 Å². The van der Waals surface area contributed by atoms with Crippen molar-refractivity contribution >= 4 is 128 Å². The van der Waals surface area contributed by atoms with Gasteiger partial charge in [0.25, 0.3) is 0 Å². The number of hydrogen-bond acceptors (Lipinski definition) is 6. The quantitative estimate of drug-likeness (QED) is 0.177. The second-order valence-electron chi connectivity index (χ2n) is 17.1. The molecule has 0 aliphatic heterocycles. The Morgan fingerprint density at radius 2 is 0.909 bits per heavy atom. The first-order chi connectivity index (χ1) is 32.7. The summed E-state index contributed by atoms with van der Waals surface area (Å²) in [6.07, 6.45) is 0. The lowest BCUT2D eigenvalue weighted by molar-refractivity contribution is 0.666. The highest BCUT2D eigenvalue weighted by Gasteiger charge is 2.26. The largest absolute Gasteiger partial charge is 0.454 e. The van der Waals surface area contributed by atoms with Crippen LogP contribution in [0, 0.1) is 0 Å². The van der Waals surface area contributed by atoms with Crippen LogP contribution in [0.4, 0.5) is 0 Å². The Morgan fingerprint density at radius 1 is 0.364 bits per heavy atom. The van der Waals surface area contributed by atoms with E-state index in [0.717, 1.165) is 82.3 Å². The summed E-state index contributed by atoms with van der Waals surface area (Å²) in [5.74, 6) is 1.78. The van der Waals surface area contributed by atoms with Gasteiger partial charge in [0.1, 0.15) is 11.3 Å². The molecule has 0 saturated heterocycles. The average Bonchev–Trinajstić information content (AvgIpc) is 4.14. The number of nitrogens with zero attached hydrogens (tertiary/aromatic N) is 4. The van der Waals surface area contributed by atoms with Gasteiger partial charge in [-0.05, 0) is 95.0 Å². The lowest BCUT2D eigenvalue weighted by atomic mass is 10.0. The number of furan rings is 1. The van der Waals surface area contributed by atoms with Crippen LogP contribution in [0.1, 0.15) is 0 Å². The Bertz CT molecular complexity index is 4420. The molecule has 5 aromatic heterocycles. The lowest BCUT2D eigenvalue weighted by Gasteiger charge is -2.16. The summed E-state index contributed by atoms with van der Waals surface area (Å²) >= 11 is 3.62. The third-order valence-corrected chi connectivity index (χ3v) is 15.7. The molecule has 0 atom stereocenters. The molecular formula is C59H32N4OS2. The third kappa shape index (κ3) is 5.23. The van der Waals surface area contributed by atoms with Crippen LogP contribution in [0.15, 0.2) is 199 Å². The SMILES string of the molecule is c1ccc2cc3c(cc2c1)c1ccc2ccccc2c1n3-c1c(-c2nc(-c3ccc4sc5ccccc5c4c3)nc(-c3ccc4sc5ccccc5c4c3)n2)ccc2c1oc1ccccc12. The van der Waals surface area contributed by atoms with Crippen LogP contribution in [0.3, 0.4) is 0 Å². The van der Waals surface area contributed by atoms with Gasteiger partial charge >= 0.3 is 0 Å². The Hall–Kier alpha value is -8.23. The van der Waals surface area contributed by atoms with E-state index in [1.807, 2.05) is 28.7 Å². The van der Waals surface area contributed by atoms with E-state index in [1.54, 1.807) is 0 Å². The van der Waals surface area contributed by atoms with Gasteiger partial charge in [0, 0.05) is 84.0 Å². The van der Waals surface area contributed by atoms with Crippen molar-refractivity contribution in [2.75, 3.05) is 0 Å². The van der Waals surface area contributed by atoms with Gasteiger partial charge < -0.3 is 8.98 Å². The molecule has 0 spiro atoms. The molecule has 15 aromatic rings. The summed E-state index contributed by atoms with van der Waals surface area (Å²) in [4.78, 5) is 16.4. The number of rotatable bonds is 4. The van der Waals surface area contributed by atoms with Crippen molar-refractivity contribution in [3.63, 3.8) is 0 Å². The maximum absolute atomic E-state index is 7.07. The highest BCUT2D eigenvalue weighted by molar-refractivity contribution is 7.26. The minimum Gasteiger partial charge on any atom is -0.454 e. The highest BCUT2D eigenvalue weighted by atomic mass is 32.1. The summed E-state index contributed by atoms with van der Waals surface area (Å²) in [6.45, 7) is 0. The predicted molar refractivity (Wildman–Crippen MR) is 279 cm³/mol. The predicted octanol–water partition coefficient (Wildman–Crippen LogP) is 16.9. The topological polar surface area (TPSA) is 56.7 Å². The summed E-state index contributed by atoms with van der Waals surface area (Å²) in [5, 5.41) is 13.9. The molecule has 0 fully saturated rings. The Balaban J connectivity index is 1.08. The first-order valence-corrected chi connectivity index (χ1v) is 23.7. The third-order valence-electron chi connectivity index (χ3n) is 13.4. The molecule has 306 valence electrons. The second-order valence-corrected chi connectivity index (χ2v) is 19.3. The number of fused-ring (bicyclic) bond motifs is 15. The van der Waals surface area contributed by atoms with Gasteiger partial charge in [0.2, 0.25) is 0 Å². The number of benzene rings is 10. The van der Waals surface area contributed by atoms with Crippen molar-refractivity contribution in [3.8, 4) is 39.9 Å². The van der Waals surface area contributed by atoms with Crippen molar-refractivity contribution in [2.24, 2.45) is 0 Å². The van der Waals surface area contributed by atoms with E-state index in [2.05, 4.69) is 193 Å². The van der Waals surface area contributed by atoms with E-state index in [0.29, 0.717) is 17.5 Å². The molecule has 0 amide bonds. The Labute approximate surface area is 384 Å². The average molecular weight is 877 g/mol. The number of aromatic nitrogens is 4. The molecular weight excluding hydrogens is 845 g/mol. The van der Waals surface area contributed by atoms with Crippen molar-refractivity contribution in [1.82, 2.24) is 19.5 Å². The number of thiophene rings is 2. The minimum absolute atomic E-state index is 0.564. The normalized spacial score (nSPS) is 12.2. The van der Waals surface area contributed by atoms with E-state index < -0.39 is 0 Å². The monoisotopic (exact) mass is 876 g/mol. The fourth-order valence-corrected chi connectivity index (χ4v) is 12.5. The molecule has 10 aromatic carbocycles. The summed E-state index contributed by atoms with van der Waals surface area (Å²) < 4.78 is 14.5. The van der Waals surface area contributed by atoms with E-state index in [9.17, 15) is 0 Å². The molecule has 66 heavy (non-hydrogen) atoms. The fraction of sp³-hybridized carbons (Fsp3) is 0. The molecule has 0 N–H and O–H groups in total. The summed E-state index contributed by atoms with van der Waals surface area (Å²) in [6, 6.07) is 69.6. The first kappa shape index (κ1) is 36.1. The number of para-hydroxylation sites is 1. The smallest absolute Gasteiger partial charge is 0.166 e. The maximum Gasteiger partial charge on any atom is 0.166 e. The molecule has 0 aliphatic rings. The Kier molecular flexibility index (Phi) is 7.47. The van der Waals surface area contributed by atoms with Crippen molar-refractivity contribution in [1.29, 1.82) is 0 Å². The van der Waals surface area contributed by atoms with Gasteiger partial charge in [-0.25, -0.2) is 15.0 Å². The molecule has 5 nitrogen and oxygen atoms in total. The van der Waals surface area contributed by atoms with Crippen LogP contribution in [0.2, 0.25) is 0 Å². The maximum atomic E-state index is 7.07. The zero-order chi connectivity index (χ0) is 43.0. The first-order valence-electron chi connectivity index (χ1n) is 22.1. The zero-order valence-electron chi connectivity index (χ0n) is 35.0. The van der Waals surface area contributed by atoms with Crippen molar-refractivity contribution < 1.29 is 4.42 Å². The van der Waals surface area contributed by atoms with Gasteiger partial charge in [-0.1, -0.05) is 115 Å². The van der Waals surface area contributed by atoms with Crippen LogP contribution >= 0.6 is 22.7 Å². The van der Waals surface area contributed by atoms with Crippen LogP contribution in [-0.2, 0) is 0 Å². The van der Waals surface area contributed by atoms with E-state index in [-0.39, 0.29) is 0 Å². The molecule has 7 heteroatoms. The minimum atomic E-state index is 0.564. The lowest BCUT2D eigenvalue weighted by Crippen LogP contribution is -2.04. The molecule has 5 heterocycles. The van der Waals surface area contributed by atoms with Crippen LogP contribution in [0.25, 0.3) is 145 Å². The highest BCUT2D eigenvalue weighted by Crippen LogP contribution is 2.46. The van der Waals surface area contributed by atoms with Gasteiger partial charge in [-0.2, -0.15) is 0 Å². The van der Waals surface area contributed by atoms with Gasteiger partial charge in [0.15, 0.2) is 23.1 Å². The standard InChI is InChI=1S/C59H32N4OS2/c1-2-13-35-32-48-45(29-34(35)12-1)42-24-21-33-11-3-4-14-38(33)54(42)63(48)55-44(26-25-43-39-15-5-8-18-49(39)64-56(43)55)59-61-57(36-22-27-52-46(30-36)40-16-6-9-19-50(40)65-52)60-58(62-59)37-23-28-53-47(31-37)41-17-7-10-20-51(41)66-53/h1-32H. The van der Waals surface area contributed by atoms with Crippen molar-refractivity contribution in [3.05, 3.63) is 194 Å². The molecule has 0 saturated carbocycles. The number of hydrogen-bond donors (Lipinski definition) is 0. The van der Waals surface area contributed by atoms with Crippen molar-refractivity contribution in [2.45, 2.75) is 0 Å². The fourth-order valence-electron chi connectivity index (χ4n) is 10.4. The van der Waals surface area contributed by atoms with Gasteiger partial charge in [-0.15, -0.1) is 22.7 Å². The van der Waals surface area contributed by atoms with Gasteiger partial charge in [-0.3, -0.25) is 0 Å². The van der Waals surface area contributed by atoms with E-state index in [1.165, 1.54) is 45.7 Å². The van der Waals surface area contributed by atoms with Gasteiger partial charge in [0.05, 0.1) is 11.0 Å². The molecule has 0 radical (unpaired) electrons. The van der Waals surface area contributed by atoms with Crippen LogP contribution in [-0.4, -0.2) is 19.5 Å². The molecule has 15 rings (SSSR count). The Morgan fingerprint density at radius 3 is 1.61 bits per heavy atom. The van der Waals surface area contributed by atoms with Crippen LogP contribution < -0.4 is 0 Å². The molecule has 0 aliphatic carbocycles. The molecule has 0 unspecified atom stereocenters. The van der Waals surface area contributed by atoms with E-state index >= 15 is 0 Å².